The van der Waals surface area contributed by atoms with Crippen molar-refractivity contribution in [3.63, 3.8) is 0 Å². The number of carbonyl (C=O) groups excluding carboxylic acids is 1. The Labute approximate surface area is 180 Å². The summed E-state index contributed by atoms with van der Waals surface area (Å²) >= 11 is 3.44. The monoisotopic (exact) mass is 469 g/mol. The fourth-order valence-electron chi connectivity index (χ4n) is 2.55. The van der Waals surface area contributed by atoms with Gasteiger partial charge in [-0.05, 0) is 51.3 Å². The molecule has 0 saturated heterocycles. The minimum Gasteiger partial charge on any atom is -0.502 e. The number of phenols is 1. The smallest absolute Gasteiger partial charge is 0.311 e. The van der Waals surface area contributed by atoms with Gasteiger partial charge in [0.05, 0.1) is 15.6 Å². The number of nitrogens with one attached hydrogen (secondary N) is 1. The Morgan fingerprint density at radius 1 is 1.13 bits per heavy atom. The van der Waals surface area contributed by atoms with Crippen LogP contribution in [0, 0.1) is 10.1 Å². The first-order chi connectivity index (χ1) is 14.4. The SMILES string of the molecule is O=C(COc1ccc(-c2ccccc2)cc1Br)N/N=C/c1ccc(O)c([N+](=O)[O-])c1. The van der Waals surface area contributed by atoms with E-state index >= 15 is 0 Å². The first-order valence-corrected chi connectivity index (χ1v) is 9.50. The molecule has 0 aliphatic carbocycles. The molecular weight excluding hydrogens is 454 g/mol. The number of ether oxygens (including phenoxy) is 1. The van der Waals surface area contributed by atoms with Gasteiger partial charge in [-0.1, -0.05) is 36.4 Å². The average Bonchev–Trinajstić information content (AvgIpc) is 2.74. The Hall–Kier alpha value is -3.72. The molecule has 0 aromatic heterocycles. The lowest BCUT2D eigenvalue weighted by molar-refractivity contribution is -0.385. The van der Waals surface area contributed by atoms with Crippen LogP contribution in [0.1, 0.15) is 5.56 Å². The molecule has 0 radical (unpaired) electrons. The van der Waals surface area contributed by atoms with Crippen LogP contribution >= 0.6 is 15.9 Å². The van der Waals surface area contributed by atoms with Crippen molar-refractivity contribution in [1.29, 1.82) is 0 Å². The molecule has 0 bridgehead atoms. The molecule has 0 aliphatic heterocycles. The number of nitrogens with zero attached hydrogens (tertiary/aromatic N) is 2. The first-order valence-electron chi connectivity index (χ1n) is 8.71. The summed E-state index contributed by atoms with van der Waals surface area (Å²) < 4.78 is 6.21. The van der Waals surface area contributed by atoms with E-state index in [0.29, 0.717) is 15.8 Å². The largest absolute Gasteiger partial charge is 0.502 e. The van der Waals surface area contributed by atoms with Crippen molar-refractivity contribution in [3.05, 3.63) is 86.9 Å². The van der Waals surface area contributed by atoms with Gasteiger partial charge < -0.3 is 9.84 Å². The minimum absolute atomic E-state index is 0.268. The first kappa shape index (κ1) is 21.0. The van der Waals surface area contributed by atoms with Crippen molar-refractivity contribution >= 4 is 33.7 Å². The van der Waals surface area contributed by atoms with Crippen molar-refractivity contribution in [1.82, 2.24) is 5.43 Å². The van der Waals surface area contributed by atoms with Crippen molar-refractivity contribution in [2.75, 3.05) is 6.61 Å². The van der Waals surface area contributed by atoms with Gasteiger partial charge in [-0.3, -0.25) is 14.9 Å². The second-order valence-electron chi connectivity index (χ2n) is 6.10. The van der Waals surface area contributed by atoms with Crippen molar-refractivity contribution in [2.45, 2.75) is 0 Å². The molecule has 3 aromatic rings. The van der Waals surface area contributed by atoms with Gasteiger partial charge in [0.15, 0.2) is 12.4 Å². The highest BCUT2D eigenvalue weighted by Crippen LogP contribution is 2.30. The number of carbonyl (C=O) groups is 1. The lowest BCUT2D eigenvalue weighted by Gasteiger charge is -2.09. The summed E-state index contributed by atoms with van der Waals surface area (Å²) in [6, 6.07) is 19.2. The Morgan fingerprint density at radius 3 is 2.60 bits per heavy atom. The molecule has 2 N–H and O–H groups in total. The van der Waals surface area contributed by atoms with Gasteiger partial charge in [0.2, 0.25) is 0 Å². The third-order valence-electron chi connectivity index (χ3n) is 4.00. The number of hydrogen-bond acceptors (Lipinski definition) is 6. The van der Waals surface area contributed by atoms with E-state index in [-0.39, 0.29) is 6.61 Å². The minimum atomic E-state index is -0.708. The van der Waals surface area contributed by atoms with Crippen LogP contribution in [0.25, 0.3) is 11.1 Å². The van der Waals surface area contributed by atoms with Gasteiger partial charge in [0, 0.05) is 11.6 Å². The third kappa shape index (κ3) is 5.42. The Bertz CT molecular complexity index is 1100. The maximum atomic E-state index is 11.9. The molecule has 3 aromatic carbocycles. The molecule has 3 rings (SSSR count). The number of halogens is 1. The van der Waals surface area contributed by atoms with E-state index in [0.717, 1.165) is 17.2 Å². The zero-order valence-corrected chi connectivity index (χ0v) is 17.1. The van der Waals surface area contributed by atoms with Crippen molar-refractivity contribution < 1.29 is 19.6 Å². The molecule has 30 heavy (non-hydrogen) atoms. The Balaban J connectivity index is 1.55. The standard InChI is InChI=1S/C21H16BrN3O5/c22-17-11-16(15-4-2-1-3-5-15)7-9-20(17)30-13-21(27)24-23-12-14-6-8-19(26)18(10-14)25(28)29/h1-12,26H,13H2,(H,24,27)/b23-12+. The average molecular weight is 470 g/mol. The van der Waals surface area contributed by atoms with E-state index < -0.39 is 22.3 Å². The van der Waals surface area contributed by atoms with Crippen LogP contribution in [0.2, 0.25) is 0 Å². The van der Waals surface area contributed by atoms with E-state index in [1.807, 2.05) is 42.5 Å². The van der Waals surface area contributed by atoms with Crippen LogP contribution in [0.5, 0.6) is 11.5 Å². The van der Waals surface area contributed by atoms with Crippen molar-refractivity contribution in [2.24, 2.45) is 5.10 Å². The second-order valence-corrected chi connectivity index (χ2v) is 6.95. The lowest BCUT2D eigenvalue weighted by Crippen LogP contribution is -2.24. The van der Waals surface area contributed by atoms with Gasteiger partial charge >= 0.3 is 5.69 Å². The lowest BCUT2D eigenvalue weighted by atomic mass is 10.1. The summed E-state index contributed by atoms with van der Waals surface area (Å²) in [5.74, 6) is -0.444. The molecule has 0 heterocycles. The summed E-state index contributed by atoms with van der Waals surface area (Å²) in [6.07, 6.45) is 1.23. The highest BCUT2D eigenvalue weighted by molar-refractivity contribution is 9.10. The number of rotatable bonds is 7. The number of nitro groups is 1. The highest BCUT2D eigenvalue weighted by Gasteiger charge is 2.13. The second kappa shape index (κ2) is 9.66. The molecule has 0 aliphatic rings. The quantitative estimate of drug-likeness (QED) is 0.304. The summed E-state index contributed by atoms with van der Waals surface area (Å²) in [4.78, 5) is 22.0. The van der Waals surface area contributed by atoms with E-state index in [1.54, 1.807) is 6.07 Å². The van der Waals surface area contributed by atoms with Gasteiger partial charge in [-0.25, -0.2) is 5.43 Å². The van der Waals surface area contributed by atoms with Gasteiger partial charge in [-0.15, -0.1) is 0 Å². The van der Waals surface area contributed by atoms with E-state index in [1.165, 1.54) is 18.3 Å². The Morgan fingerprint density at radius 2 is 1.90 bits per heavy atom. The molecule has 1 amide bonds. The van der Waals surface area contributed by atoms with Crippen LogP contribution in [0.15, 0.2) is 76.3 Å². The van der Waals surface area contributed by atoms with Gasteiger partial charge in [-0.2, -0.15) is 5.10 Å². The molecule has 0 unspecified atom stereocenters. The predicted octanol–water partition coefficient (Wildman–Crippen LogP) is 4.26. The molecule has 0 atom stereocenters. The number of hydrogen-bond donors (Lipinski definition) is 2. The van der Waals surface area contributed by atoms with Crippen LogP contribution < -0.4 is 10.2 Å². The normalized spacial score (nSPS) is 10.7. The maximum absolute atomic E-state index is 11.9. The van der Waals surface area contributed by atoms with Crippen molar-refractivity contribution in [3.8, 4) is 22.6 Å². The fraction of sp³-hybridized carbons (Fsp3) is 0.0476. The Kier molecular flexibility index (Phi) is 6.76. The number of aromatic hydroxyl groups is 1. The molecule has 0 fully saturated rings. The summed E-state index contributed by atoms with van der Waals surface area (Å²) in [7, 11) is 0. The van der Waals surface area contributed by atoms with Crippen LogP contribution in [-0.4, -0.2) is 28.8 Å². The summed E-state index contributed by atoms with van der Waals surface area (Å²) in [5.41, 5.74) is 4.25. The van der Waals surface area contributed by atoms with Gasteiger partial charge in [0.1, 0.15) is 5.75 Å². The molecular formula is C21H16BrN3O5. The molecule has 0 saturated carbocycles. The van der Waals surface area contributed by atoms with E-state index in [2.05, 4.69) is 26.5 Å². The van der Waals surface area contributed by atoms with E-state index in [9.17, 15) is 20.0 Å². The third-order valence-corrected chi connectivity index (χ3v) is 4.62. The van der Waals surface area contributed by atoms with Gasteiger partial charge in [0.25, 0.3) is 5.91 Å². The summed E-state index contributed by atoms with van der Waals surface area (Å²) in [6.45, 7) is -0.268. The molecule has 9 heteroatoms. The number of benzene rings is 3. The number of nitro benzene ring substituents is 1. The summed E-state index contributed by atoms with van der Waals surface area (Å²) in [5, 5.41) is 24.0. The van der Waals surface area contributed by atoms with Crippen LogP contribution in [0.4, 0.5) is 5.69 Å². The molecule has 0 spiro atoms. The zero-order valence-electron chi connectivity index (χ0n) is 15.5. The molecule has 8 nitrogen and oxygen atoms in total. The number of hydrazone groups is 1. The number of amides is 1. The predicted molar refractivity (Wildman–Crippen MR) is 116 cm³/mol. The van der Waals surface area contributed by atoms with Crippen LogP contribution in [-0.2, 0) is 4.79 Å². The number of phenolic OH excluding ortho intramolecular Hbond substituents is 1. The highest BCUT2D eigenvalue weighted by atomic mass is 79.9. The maximum Gasteiger partial charge on any atom is 0.311 e. The van der Waals surface area contributed by atoms with Crippen LogP contribution in [0.3, 0.4) is 0 Å². The fourth-order valence-corrected chi connectivity index (χ4v) is 3.04. The topological polar surface area (TPSA) is 114 Å². The molecule has 152 valence electrons. The van der Waals surface area contributed by atoms with E-state index in [4.69, 9.17) is 4.74 Å². The zero-order chi connectivity index (χ0) is 21.5.